The van der Waals surface area contributed by atoms with E-state index in [0.717, 1.165) is 30.8 Å². The first kappa shape index (κ1) is 22.4. The second-order valence-electron chi connectivity index (χ2n) is 7.49. The van der Waals surface area contributed by atoms with E-state index in [-0.39, 0.29) is 11.2 Å². The zero-order chi connectivity index (χ0) is 21.3. The monoisotopic (exact) mass is 433 g/mol. The lowest BCUT2D eigenvalue weighted by atomic mass is 9.95. The number of benzene rings is 1. The number of aromatic nitrogens is 4. The number of hydrogen-bond donors (Lipinski definition) is 1. The maximum Gasteiger partial charge on any atom is 0.221 e. The number of hydrogen-bond acceptors (Lipinski definition) is 7. The molecular formula is C21H31N5O3S. The molecular weight excluding hydrogens is 402 g/mol. The summed E-state index contributed by atoms with van der Waals surface area (Å²) in [5.74, 6) is 2.78. The number of amides is 1. The van der Waals surface area contributed by atoms with Crippen molar-refractivity contribution in [2.24, 2.45) is 0 Å². The van der Waals surface area contributed by atoms with Gasteiger partial charge in [0.15, 0.2) is 17.3 Å². The van der Waals surface area contributed by atoms with Gasteiger partial charge in [0, 0.05) is 23.8 Å². The minimum Gasteiger partial charge on any atom is -0.493 e. The first-order chi connectivity index (χ1) is 14.6. The molecule has 1 aliphatic carbocycles. The van der Waals surface area contributed by atoms with E-state index in [0.29, 0.717) is 29.7 Å². The lowest BCUT2D eigenvalue weighted by Crippen LogP contribution is -2.37. The number of carbonyl (C=O) groups is 1. The van der Waals surface area contributed by atoms with Crippen molar-refractivity contribution in [2.45, 2.75) is 68.9 Å². The van der Waals surface area contributed by atoms with Crippen molar-refractivity contribution in [3.63, 3.8) is 0 Å². The highest BCUT2D eigenvalue weighted by atomic mass is 32.2. The SMILES string of the molecule is CCC(CC(=O)NC1CCCCC1)SCc1nnnn1-c1ccc(OC)c(OC)c1. The number of nitrogens with one attached hydrogen (secondary N) is 1. The Morgan fingerprint density at radius 1 is 1.23 bits per heavy atom. The van der Waals surface area contributed by atoms with Gasteiger partial charge in [0.1, 0.15) is 0 Å². The van der Waals surface area contributed by atoms with Crippen molar-refractivity contribution < 1.29 is 14.3 Å². The molecule has 0 spiro atoms. The van der Waals surface area contributed by atoms with Gasteiger partial charge in [-0.2, -0.15) is 4.68 Å². The second kappa shape index (κ2) is 11.2. The molecule has 1 N–H and O–H groups in total. The smallest absolute Gasteiger partial charge is 0.221 e. The van der Waals surface area contributed by atoms with E-state index >= 15 is 0 Å². The van der Waals surface area contributed by atoms with Crippen LogP contribution >= 0.6 is 11.8 Å². The summed E-state index contributed by atoms with van der Waals surface area (Å²) in [6, 6.07) is 5.92. The fraction of sp³-hybridized carbons (Fsp3) is 0.619. The van der Waals surface area contributed by atoms with Crippen molar-refractivity contribution in [1.29, 1.82) is 0 Å². The Morgan fingerprint density at radius 2 is 2.00 bits per heavy atom. The molecule has 2 aromatic rings. The Morgan fingerprint density at radius 3 is 2.70 bits per heavy atom. The summed E-state index contributed by atoms with van der Waals surface area (Å²) in [4.78, 5) is 12.5. The van der Waals surface area contributed by atoms with Gasteiger partial charge in [-0.05, 0) is 41.8 Å². The van der Waals surface area contributed by atoms with E-state index in [1.54, 1.807) is 30.7 Å². The number of rotatable bonds is 10. The van der Waals surface area contributed by atoms with Crippen molar-refractivity contribution in [2.75, 3.05) is 14.2 Å². The minimum atomic E-state index is 0.153. The highest BCUT2D eigenvalue weighted by Crippen LogP contribution is 2.30. The van der Waals surface area contributed by atoms with Gasteiger partial charge in [0.2, 0.25) is 5.91 Å². The van der Waals surface area contributed by atoms with Crippen molar-refractivity contribution in [1.82, 2.24) is 25.5 Å². The van der Waals surface area contributed by atoms with Gasteiger partial charge in [-0.3, -0.25) is 4.79 Å². The largest absolute Gasteiger partial charge is 0.493 e. The summed E-state index contributed by atoms with van der Waals surface area (Å²) in [6.07, 6.45) is 7.38. The van der Waals surface area contributed by atoms with E-state index in [1.807, 2.05) is 18.2 Å². The van der Waals surface area contributed by atoms with Gasteiger partial charge in [-0.25, -0.2) is 0 Å². The van der Waals surface area contributed by atoms with Gasteiger partial charge >= 0.3 is 0 Å². The Bertz CT molecular complexity index is 823. The zero-order valence-electron chi connectivity index (χ0n) is 18.0. The predicted octanol–water partition coefficient (Wildman–Crippen LogP) is 3.53. The van der Waals surface area contributed by atoms with Crippen LogP contribution < -0.4 is 14.8 Å². The van der Waals surface area contributed by atoms with Gasteiger partial charge in [-0.15, -0.1) is 16.9 Å². The molecule has 0 aliphatic heterocycles. The molecule has 1 aromatic carbocycles. The average Bonchev–Trinajstić information content (AvgIpc) is 3.25. The molecule has 8 nitrogen and oxygen atoms in total. The maximum absolute atomic E-state index is 12.5. The quantitative estimate of drug-likeness (QED) is 0.613. The predicted molar refractivity (Wildman–Crippen MR) is 117 cm³/mol. The molecule has 1 amide bonds. The van der Waals surface area contributed by atoms with Crippen LogP contribution in [-0.2, 0) is 10.5 Å². The van der Waals surface area contributed by atoms with Crippen LogP contribution in [0.2, 0.25) is 0 Å². The summed E-state index contributed by atoms with van der Waals surface area (Å²) in [6.45, 7) is 2.11. The molecule has 1 saturated carbocycles. The third kappa shape index (κ3) is 5.87. The van der Waals surface area contributed by atoms with E-state index in [1.165, 1.54) is 19.3 Å². The van der Waals surface area contributed by atoms with Gasteiger partial charge in [0.05, 0.1) is 25.7 Å². The summed E-state index contributed by atoms with van der Waals surface area (Å²) >= 11 is 1.72. The first-order valence-electron chi connectivity index (χ1n) is 10.5. The lowest BCUT2D eigenvalue weighted by Gasteiger charge is -2.23. The van der Waals surface area contributed by atoms with Gasteiger partial charge < -0.3 is 14.8 Å². The fourth-order valence-corrected chi connectivity index (χ4v) is 4.78. The lowest BCUT2D eigenvalue weighted by molar-refractivity contribution is -0.122. The topological polar surface area (TPSA) is 91.2 Å². The van der Waals surface area contributed by atoms with E-state index in [2.05, 4.69) is 27.8 Å². The molecule has 164 valence electrons. The summed E-state index contributed by atoms with van der Waals surface area (Å²) in [5, 5.41) is 15.6. The third-order valence-electron chi connectivity index (χ3n) is 5.43. The van der Waals surface area contributed by atoms with E-state index in [4.69, 9.17) is 9.47 Å². The van der Waals surface area contributed by atoms with Crippen LogP contribution in [0.5, 0.6) is 11.5 Å². The molecule has 1 aliphatic rings. The Hall–Kier alpha value is -2.29. The molecule has 1 fully saturated rings. The van der Waals surface area contributed by atoms with E-state index < -0.39 is 0 Å². The first-order valence-corrected chi connectivity index (χ1v) is 11.6. The zero-order valence-corrected chi connectivity index (χ0v) is 18.8. The Kier molecular flexibility index (Phi) is 8.36. The molecule has 1 atom stereocenters. The molecule has 1 unspecified atom stereocenters. The third-order valence-corrected chi connectivity index (χ3v) is 6.83. The van der Waals surface area contributed by atoms with Crippen molar-refractivity contribution in [3.8, 4) is 17.2 Å². The van der Waals surface area contributed by atoms with Crippen LogP contribution in [0.1, 0.15) is 57.7 Å². The molecule has 1 aromatic heterocycles. The molecule has 0 saturated heterocycles. The second-order valence-corrected chi connectivity index (χ2v) is 8.78. The number of methoxy groups -OCH3 is 2. The normalized spacial score (nSPS) is 15.6. The Labute approximate surface area is 182 Å². The average molecular weight is 434 g/mol. The van der Waals surface area contributed by atoms with Crippen LogP contribution in [0.15, 0.2) is 18.2 Å². The molecule has 0 bridgehead atoms. The standard InChI is InChI=1S/C21H31N5O3S/c1-4-17(13-21(27)22-15-8-6-5-7-9-15)30-14-20-23-24-25-26(20)16-10-11-18(28-2)19(12-16)29-3/h10-12,15,17H,4-9,13-14H2,1-3H3,(H,22,27). The van der Waals surface area contributed by atoms with Crippen LogP contribution in [0.3, 0.4) is 0 Å². The molecule has 1 heterocycles. The highest BCUT2D eigenvalue weighted by molar-refractivity contribution is 7.99. The maximum atomic E-state index is 12.5. The molecule has 9 heteroatoms. The van der Waals surface area contributed by atoms with Crippen molar-refractivity contribution in [3.05, 3.63) is 24.0 Å². The summed E-state index contributed by atoms with van der Waals surface area (Å²) in [5.41, 5.74) is 0.802. The van der Waals surface area contributed by atoms with E-state index in [9.17, 15) is 4.79 Å². The minimum absolute atomic E-state index is 0.153. The summed E-state index contributed by atoms with van der Waals surface area (Å²) in [7, 11) is 3.20. The number of ether oxygens (including phenoxy) is 2. The van der Waals surface area contributed by atoms with Gasteiger partial charge in [0.25, 0.3) is 0 Å². The number of tetrazole rings is 1. The number of nitrogens with zero attached hydrogens (tertiary/aromatic N) is 4. The Balaban J connectivity index is 1.59. The van der Waals surface area contributed by atoms with Crippen LogP contribution in [0.4, 0.5) is 0 Å². The summed E-state index contributed by atoms with van der Waals surface area (Å²) < 4.78 is 12.4. The molecule has 3 rings (SSSR count). The number of thioether (sulfide) groups is 1. The van der Waals surface area contributed by atoms with Crippen LogP contribution in [0, 0.1) is 0 Å². The van der Waals surface area contributed by atoms with Crippen LogP contribution in [-0.4, -0.2) is 51.6 Å². The molecule has 0 radical (unpaired) electrons. The number of carbonyl (C=O) groups excluding carboxylic acids is 1. The highest BCUT2D eigenvalue weighted by Gasteiger charge is 2.20. The molecule has 30 heavy (non-hydrogen) atoms. The van der Waals surface area contributed by atoms with Crippen LogP contribution in [0.25, 0.3) is 5.69 Å². The van der Waals surface area contributed by atoms with Gasteiger partial charge in [-0.1, -0.05) is 26.2 Å². The fourth-order valence-electron chi connectivity index (χ4n) is 3.71. The van der Waals surface area contributed by atoms with Crippen molar-refractivity contribution >= 4 is 17.7 Å².